The van der Waals surface area contributed by atoms with E-state index in [0.29, 0.717) is 18.8 Å². The lowest BCUT2D eigenvalue weighted by Gasteiger charge is -2.12. The molecule has 1 N–H and O–H groups in total. The van der Waals surface area contributed by atoms with Crippen molar-refractivity contribution >= 4 is 11.4 Å². The average molecular weight is 273 g/mol. The normalized spacial score (nSPS) is 10.2. The maximum Gasteiger partial charge on any atom is 0.292 e. The Morgan fingerprint density at radius 2 is 1.95 bits per heavy atom. The number of para-hydroxylation sites is 1. The van der Waals surface area contributed by atoms with Gasteiger partial charge < -0.3 is 9.88 Å². The highest BCUT2D eigenvalue weighted by Crippen LogP contribution is 2.28. The number of nitrogens with one attached hydrogen (secondary N) is 1. The molecule has 0 amide bonds. The zero-order valence-electron chi connectivity index (χ0n) is 11.1. The van der Waals surface area contributed by atoms with Gasteiger partial charge in [-0.15, -0.1) is 0 Å². The first-order chi connectivity index (χ1) is 9.61. The minimum atomic E-state index is -0.396. The summed E-state index contributed by atoms with van der Waals surface area (Å²) in [6.07, 6.45) is 3.33. The molecule has 0 aliphatic heterocycles. The van der Waals surface area contributed by atoms with Gasteiger partial charge in [0.25, 0.3) is 5.69 Å². The second-order valence-corrected chi connectivity index (χ2v) is 4.30. The third kappa shape index (κ3) is 3.03. The van der Waals surface area contributed by atoms with Crippen LogP contribution in [-0.4, -0.2) is 16.0 Å². The third-order valence-electron chi connectivity index (χ3n) is 2.89. The molecule has 0 saturated carbocycles. The summed E-state index contributed by atoms with van der Waals surface area (Å²) in [4.78, 5) is 21.7. The Balaban J connectivity index is 2.40. The minimum Gasteiger partial charge on any atom is -0.379 e. The Labute approximate surface area is 115 Å². The van der Waals surface area contributed by atoms with E-state index in [0.717, 1.165) is 5.56 Å². The fourth-order valence-electron chi connectivity index (χ4n) is 2.00. The zero-order chi connectivity index (χ0) is 14.5. The summed E-state index contributed by atoms with van der Waals surface area (Å²) in [7, 11) is 0. The van der Waals surface area contributed by atoms with Crippen LogP contribution in [0.2, 0.25) is 0 Å². The van der Waals surface area contributed by atoms with Crippen LogP contribution in [0.4, 0.5) is 11.4 Å². The van der Waals surface area contributed by atoms with Gasteiger partial charge in [0.05, 0.1) is 4.92 Å². The van der Waals surface area contributed by atoms with Crippen molar-refractivity contribution in [1.82, 2.24) is 4.57 Å². The van der Waals surface area contributed by atoms with Crippen molar-refractivity contribution in [3.8, 4) is 0 Å². The lowest BCUT2D eigenvalue weighted by molar-refractivity contribution is -0.384. The van der Waals surface area contributed by atoms with Crippen LogP contribution in [0, 0.1) is 10.1 Å². The van der Waals surface area contributed by atoms with Crippen molar-refractivity contribution in [2.75, 3.05) is 11.9 Å². The molecule has 6 nitrogen and oxygen atoms in total. The van der Waals surface area contributed by atoms with E-state index in [4.69, 9.17) is 0 Å². The summed E-state index contributed by atoms with van der Waals surface area (Å²) < 4.78 is 1.81. The Bertz CT molecular complexity index is 659. The molecule has 2 aromatic rings. The molecule has 20 heavy (non-hydrogen) atoms. The molecule has 0 spiro atoms. The van der Waals surface area contributed by atoms with Gasteiger partial charge in [0.15, 0.2) is 5.43 Å². The molecule has 0 fully saturated rings. The van der Waals surface area contributed by atoms with E-state index in [1.54, 1.807) is 23.0 Å². The predicted molar refractivity (Wildman–Crippen MR) is 77.1 cm³/mol. The largest absolute Gasteiger partial charge is 0.379 e. The lowest BCUT2D eigenvalue weighted by Crippen LogP contribution is -2.09. The monoisotopic (exact) mass is 273 g/mol. The Kier molecular flexibility index (Phi) is 4.14. The van der Waals surface area contributed by atoms with Crippen LogP contribution in [-0.2, 0) is 6.54 Å². The summed E-state index contributed by atoms with van der Waals surface area (Å²) in [5.41, 5.74) is 1.33. The summed E-state index contributed by atoms with van der Waals surface area (Å²) in [6, 6.07) is 7.90. The van der Waals surface area contributed by atoms with Gasteiger partial charge in [0.2, 0.25) is 0 Å². The number of nitro groups is 1. The van der Waals surface area contributed by atoms with Gasteiger partial charge in [-0.05, 0) is 6.92 Å². The molecule has 2 rings (SSSR count). The molecular formula is C14H15N3O3. The quantitative estimate of drug-likeness (QED) is 0.669. The first-order valence-electron chi connectivity index (χ1n) is 6.28. The number of anilines is 1. The molecule has 0 unspecified atom stereocenters. The summed E-state index contributed by atoms with van der Waals surface area (Å²) >= 11 is 0. The third-order valence-corrected chi connectivity index (χ3v) is 2.89. The number of aromatic nitrogens is 1. The van der Waals surface area contributed by atoms with E-state index < -0.39 is 4.92 Å². The second kappa shape index (κ2) is 6.01. The number of rotatable bonds is 5. The van der Waals surface area contributed by atoms with Crippen LogP contribution in [0.3, 0.4) is 0 Å². The van der Waals surface area contributed by atoms with E-state index in [9.17, 15) is 14.9 Å². The summed E-state index contributed by atoms with van der Waals surface area (Å²) in [5.74, 6) is 0. The lowest BCUT2D eigenvalue weighted by atomic mass is 10.1. The van der Waals surface area contributed by atoms with Gasteiger partial charge >= 0.3 is 0 Å². The number of hydrogen-bond donors (Lipinski definition) is 1. The van der Waals surface area contributed by atoms with Gasteiger partial charge in [-0.2, -0.15) is 0 Å². The van der Waals surface area contributed by atoms with Crippen molar-refractivity contribution in [1.29, 1.82) is 0 Å². The SMILES string of the molecule is CCNc1c(Cn2ccc(=O)cc2)cccc1[N+](=O)[O-]. The van der Waals surface area contributed by atoms with Crippen LogP contribution in [0.15, 0.2) is 47.5 Å². The van der Waals surface area contributed by atoms with Gasteiger partial charge in [-0.1, -0.05) is 12.1 Å². The predicted octanol–water partition coefficient (Wildman–Crippen LogP) is 2.24. The Morgan fingerprint density at radius 3 is 2.55 bits per heavy atom. The van der Waals surface area contributed by atoms with Gasteiger partial charge in [0.1, 0.15) is 5.69 Å². The number of hydrogen-bond acceptors (Lipinski definition) is 4. The molecular weight excluding hydrogens is 258 g/mol. The highest BCUT2D eigenvalue weighted by Gasteiger charge is 2.16. The zero-order valence-corrected chi connectivity index (χ0v) is 11.1. The highest BCUT2D eigenvalue weighted by atomic mass is 16.6. The standard InChI is InChI=1S/C14H15N3O3/c1-2-15-14-11(4-3-5-13(14)17(19)20)10-16-8-6-12(18)7-9-16/h3-9,15H,2,10H2,1H3. The smallest absolute Gasteiger partial charge is 0.292 e. The first-order valence-corrected chi connectivity index (χ1v) is 6.28. The fraction of sp³-hybridized carbons (Fsp3) is 0.214. The molecule has 104 valence electrons. The van der Waals surface area contributed by atoms with Gasteiger partial charge in [-0.25, -0.2) is 0 Å². The molecule has 0 aliphatic carbocycles. The van der Waals surface area contributed by atoms with Crippen molar-refractivity contribution in [2.24, 2.45) is 0 Å². The van der Waals surface area contributed by atoms with Crippen LogP contribution in [0.5, 0.6) is 0 Å². The van der Waals surface area contributed by atoms with Crippen LogP contribution >= 0.6 is 0 Å². The van der Waals surface area contributed by atoms with E-state index in [1.807, 2.05) is 13.0 Å². The van der Waals surface area contributed by atoms with E-state index >= 15 is 0 Å². The number of nitrogens with zero attached hydrogens (tertiary/aromatic N) is 2. The van der Waals surface area contributed by atoms with E-state index in [2.05, 4.69) is 5.32 Å². The molecule has 6 heteroatoms. The summed E-state index contributed by atoms with van der Waals surface area (Å²) in [6.45, 7) is 2.95. The maximum absolute atomic E-state index is 11.1. The average Bonchev–Trinajstić information content (AvgIpc) is 2.43. The van der Waals surface area contributed by atoms with Crippen molar-refractivity contribution in [3.63, 3.8) is 0 Å². The van der Waals surface area contributed by atoms with Crippen LogP contribution in [0.1, 0.15) is 12.5 Å². The maximum atomic E-state index is 11.1. The Hall–Kier alpha value is -2.63. The molecule has 0 radical (unpaired) electrons. The van der Waals surface area contributed by atoms with Crippen LogP contribution in [0.25, 0.3) is 0 Å². The van der Waals surface area contributed by atoms with Gasteiger partial charge in [0, 0.05) is 49.2 Å². The number of pyridine rings is 1. The van der Waals surface area contributed by atoms with Crippen molar-refractivity contribution in [2.45, 2.75) is 13.5 Å². The molecule has 1 aromatic carbocycles. The second-order valence-electron chi connectivity index (χ2n) is 4.30. The molecule has 1 heterocycles. The molecule has 0 aliphatic rings. The van der Waals surface area contributed by atoms with Crippen molar-refractivity contribution in [3.05, 3.63) is 68.6 Å². The first kappa shape index (κ1) is 13.8. The van der Waals surface area contributed by atoms with Gasteiger partial charge in [-0.3, -0.25) is 14.9 Å². The fourth-order valence-corrected chi connectivity index (χ4v) is 2.00. The molecule has 0 atom stereocenters. The number of nitro benzene ring substituents is 1. The van der Waals surface area contributed by atoms with Crippen LogP contribution < -0.4 is 10.7 Å². The number of benzene rings is 1. The molecule has 1 aromatic heterocycles. The molecule has 0 saturated heterocycles. The summed E-state index contributed by atoms with van der Waals surface area (Å²) in [5, 5.41) is 14.1. The Morgan fingerprint density at radius 1 is 1.25 bits per heavy atom. The van der Waals surface area contributed by atoms with E-state index in [-0.39, 0.29) is 11.1 Å². The molecule has 0 bridgehead atoms. The minimum absolute atomic E-state index is 0.0606. The van der Waals surface area contributed by atoms with Crippen molar-refractivity contribution < 1.29 is 4.92 Å². The topological polar surface area (TPSA) is 77.2 Å². The highest BCUT2D eigenvalue weighted by molar-refractivity contribution is 5.66. The van der Waals surface area contributed by atoms with E-state index in [1.165, 1.54) is 18.2 Å².